The van der Waals surface area contributed by atoms with E-state index in [4.69, 9.17) is 28.9 Å². The summed E-state index contributed by atoms with van der Waals surface area (Å²) in [6, 6.07) is 5.21. The first-order valence-electron chi connectivity index (χ1n) is 8.20. The zero-order chi connectivity index (χ0) is 18.6. The molecule has 25 heavy (non-hydrogen) atoms. The van der Waals surface area contributed by atoms with Gasteiger partial charge in [-0.3, -0.25) is 14.3 Å². The summed E-state index contributed by atoms with van der Waals surface area (Å²) in [6.07, 6.45) is 1.71. The highest BCUT2D eigenvalue weighted by atomic mass is 35.5. The Morgan fingerprint density at radius 3 is 2.56 bits per heavy atom. The third kappa shape index (κ3) is 4.38. The Morgan fingerprint density at radius 1 is 1.24 bits per heavy atom. The average Bonchev–Trinajstić information content (AvgIpc) is 2.55. The molecule has 2 aromatic rings. The maximum Gasteiger partial charge on any atom is 0.330 e. The number of anilines is 2. The van der Waals surface area contributed by atoms with Crippen LogP contribution in [0.4, 0.5) is 11.5 Å². The van der Waals surface area contributed by atoms with Crippen molar-refractivity contribution in [2.24, 2.45) is 0 Å². The number of hydrogen-bond donors (Lipinski definition) is 2. The maximum atomic E-state index is 12.4. The lowest BCUT2D eigenvalue weighted by atomic mass is 10.2. The summed E-state index contributed by atoms with van der Waals surface area (Å²) in [7, 11) is 0. The van der Waals surface area contributed by atoms with E-state index in [0.717, 1.165) is 18.4 Å². The fourth-order valence-electron chi connectivity index (χ4n) is 2.63. The van der Waals surface area contributed by atoms with E-state index in [2.05, 4.69) is 4.98 Å². The van der Waals surface area contributed by atoms with Gasteiger partial charge in [0.05, 0.1) is 0 Å². The predicted octanol–water partition coefficient (Wildman–Crippen LogP) is 3.25. The van der Waals surface area contributed by atoms with Crippen LogP contribution >= 0.6 is 23.2 Å². The number of nitrogens with two attached hydrogens (primary N) is 1. The van der Waals surface area contributed by atoms with Gasteiger partial charge in [0.1, 0.15) is 11.5 Å². The number of hydrogen-bond acceptors (Lipinski definition) is 4. The monoisotopic (exact) mass is 384 g/mol. The molecule has 1 aromatic carbocycles. The van der Waals surface area contributed by atoms with E-state index in [1.807, 2.05) is 19.9 Å². The number of halogens is 2. The van der Waals surface area contributed by atoms with Crippen LogP contribution in [0, 0.1) is 0 Å². The second kappa shape index (κ2) is 8.45. The van der Waals surface area contributed by atoms with Gasteiger partial charge in [0, 0.05) is 29.7 Å². The summed E-state index contributed by atoms with van der Waals surface area (Å²) in [4.78, 5) is 28.6. The fourth-order valence-corrected chi connectivity index (χ4v) is 3.09. The highest BCUT2D eigenvalue weighted by Crippen LogP contribution is 2.25. The van der Waals surface area contributed by atoms with Crippen molar-refractivity contribution in [3.63, 3.8) is 0 Å². The Hall–Kier alpha value is -1.92. The van der Waals surface area contributed by atoms with Gasteiger partial charge in [-0.25, -0.2) is 4.79 Å². The summed E-state index contributed by atoms with van der Waals surface area (Å²) in [6.45, 7) is 5.30. The molecule has 8 heteroatoms. The van der Waals surface area contributed by atoms with Gasteiger partial charge in [-0.15, -0.1) is 0 Å². The molecule has 1 aromatic heterocycles. The van der Waals surface area contributed by atoms with Crippen LogP contribution in [0.5, 0.6) is 0 Å². The Kier molecular flexibility index (Phi) is 6.56. The van der Waals surface area contributed by atoms with Crippen molar-refractivity contribution >= 4 is 34.7 Å². The van der Waals surface area contributed by atoms with E-state index in [0.29, 0.717) is 29.7 Å². The van der Waals surface area contributed by atoms with Crippen molar-refractivity contribution in [2.75, 3.05) is 17.2 Å². The molecule has 0 radical (unpaired) electrons. The second-order valence-electron chi connectivity index (χ2n) is 5.75. The van der Waals surface area contributed by atoms with Gasteiger partial charge in [-0.2, -0.15) is 0 Å². The van der Waals surface area contributed by atoms with Gasteiger partial charge in [0.25, 0.3) is 5.56 Å². The Bertz CT molecular complexity index is 861. The normalized spacial score (nSPS) is 10.9. The van der Waals surface area contributed by atoms with E-state index in [1.165, 1.54) is 4.57 Å². The zero-order valence-corrected chi connectivity index (χ0v) is 15.8. The molecule has 0 unspecified atom stereocenters. The summed E-state index contributed by atoms with van der Waals surface area (Å²) in [5.74, 6) is 0.175. The molecule has 0 aliphatic heterocycles. The van der Waals surface area contributed by atoms with Gasteiger partial charge in [-0.1, -0.05) is 42.6 Å². The van der Waals surface area contributed by atoms with Gasteiger partial charge in [0.15, 0.2) is 0 Å². The first-order valence-corrected chi connectivity index (χ1v) is 8.96. The molecular formula is C17H22Cl2N4O2. The standard InChI is InChI=1S/C17H22Cl2N4O2/c1-3-5-8-23-15(20)14(16(24)21-17(23)25)22(4-2)10-11-6-7-12(18)9-13(11)19/h6-7,9H,3-5,8,10,20H2,1-2H3,(H,21,24,25). The lowest BCUT2D eigenvalue weighted by molar-refractivity contribution is 0.602. The van der Waals surface area contributed by atoms with Gasteiger partial charge in [-0.05, 0) is 31.0 Å². The molecule has 0 aliphatic carbocycles. The number of aromatic nitrogens is 2. The van der Waals surface area contributed by atoms with Gasteiger partial charge in [0.2, 0.25) is 0 Å². The SMILES string of the molecule is CCCCn1c(N)c(N(CC)Cc2ccc(Cl)cc2Cl)c(=O)[nH]c1=O. The van der Waals surface area contributed by atoms with Crippen molar-refractivity contribution in [1.29, 1.82) is 0 Å². The van der Waals surface area contributed by atoms with Crippen LogP contribution in [-0.4, -0.2) is 16.1 Å². The Balaban J connectivity index is 2.46. The van der Waals surface area contributed by atoms with E-state index in [-0.39, 0.29) is 11.5 Å². The topological polar surface area (TPSA) is 84.1 Å². The summed E-state index contributed by atoms with van der Waals surface area (Å²) in [5, 5.41) is 1.06. The smallest absolute Gasteiger partial charge is 0.330 e. The van der Waals surface area contributed by atoms with Crippen molar-refractivity contribution in [3.05, 3.63) is 54.6 Å². The number of aromatic amines is 1. The molecule has 1 heterocycles. The quantitative estimate of drug-likeness (QED) is 0.766. The minimum atomic E-state index is -0.498. The molecule has 3 N–H and O–H groups in total. The Morgan fingerprint density at radius 2 is 1.96 bits per heavy atom. The van der Waals surface area contributed by atoms with Gasteiger partial charge < -0.3 is 10.6 Å². The third-order valence-electron chi connectivity index (χ3n) is 4.02. The van der Waals surface area contributed by atoms with E-state index in [1.54, 1.807) is 17.0 Å². The summed E-state index contributed by atoms with van der Waals surface area (Å²) >= 11 is 12.2. The van der Waals surface area contributed by atoms with E-state index < -0.39 is 11.2 Å². The van der Waals surface area contributed by atoms with Crippen LogP contribution in [-0.2, 0) is 13.1 Å². The molecule has 0 spiro atoms. The fraction of sp³-hybridized carbons (Fsp3) is 0.412. The molecule has 0 atom stereocenters. The van der Waals surface area contributed by atoms with Crippen LogP contribution in [0.25, 0.3) is 0 Å². The average molecular weight is 385 g/mol. The highest BCUT2D eigenvalue weighted by Gasteiger charge is 2.18. The molecule has 0 saturated carbocycles. The lowest BCUT2D eigenvalue weighted by Crippen LogP contribution is -2.38. The predicted molar refractivity (Wildman–Crippen MR) is 104 cm³/mol. The van der Waals surface area contributed by atoms with Crippen molar-refractivity contribution in [1.82, 2.24) is 9.55 Å². The molecule has 2 rings (SSSR count). The maximum absolute atomic E-state index is 12.4. The largest absolute Gasteiger partial charge is 0.383 e. The summed E-state index contributed by atoms with van der Waals surface area (Å²) < 4.78 is 1.41. The number of nitrogens with zero attached hydrogens (tertiary/aromatic N) is 2. The van der Waals surface area contributed by atoms with Gasteiger partial charge >= 0.3 is 5.69 Å². The number of rotatable bonds is 7. The number of nitrogens with one attached hydrogen (secondary N) is 1. The minimum Gasteiger partial charge on any atom is -0.383 e. The zero-order valence-electron chi connectivity index (χ0n) is 14.3. The van der Waals surface area contributed by atoms with Crippen LogP contribution < -0.4 is 21.9 Å². The molecule has 0 aliphatic rings. The van der Waals surface area contributed by atoms with E-state index in [9.17, 15) is 9.59 Å². The van der Waals surface area contributed by atoms with E-state index >= 15 is 0 Å². The molecular weight excluding hydrogens is 363 g/mol. The molecule has 0 bridgehead atoms. The van der Waals surface area contributed by atoms with Crippen molar-refractivity contribution in [2.45, 2.75) is 39.8 Å². The summed E-state index contributed by atoms with van der Waals surface area (Å²) in [5.41, 5.74) is 6.28. The molecule has 6 nitrogen and oxygen atoms in total. The van der Waals surface area contributed by atoms with Crippen molar-refractivity contribution in [3.8, 4) is 0 Å². The number of benzene rings is 1. The van der Waals surface area contributed by atoms with Crippen LogP contribution in [0.1, 0.15) is 32.3 Å². The third-order valence-corrected chi connectivity index (χ3v) is 4.61. The first kappa shape index (κ1) is 19.4. The minimum absolute atomic E-state index is 0.175. The van der Waals surface area contributed by atoms with Crippen LogP contribution in [0.2, 0.25) is 10.0 Å². The number of H-pyrrole nitrogens is 1. The van der Waals surface area contributed by atoms with Crippen LogP contribution in [0.15, 0.2) is 27.8 Å². The van der Waals surface area contributed by atoms with Crippen LogP contribution in [0.3, 0.4) is 0 Å². The Labute approximate surface area is 156 Å². The second-order valence-corrected chi connectivity index (χ2v) is 6.59. The molecule has 0 fully saturated rings. The first-order chi connectivity index (χ1) is 11.9. The molecule has 136 valence electrons. The number of nitrogen functional groups attached to an aromatic ring is 1. The van der Waals surface area contributed by atoms with Crippen molar-refractivity contribution < 1.29 is 0 Å². The molecule has 0 amide bonds. The molecule has 0 saturated heterocycles. The lowest BCUT2D eigenvalue weighted by Gasteiger charge is -2.25. The highest BCUT2D eigenvalue weighted by molar-refractivity contribution is 6.35. The number of unbranched alkanes of at least 4 members (excludes halogenated alkanes) is 1.